The molecule has 0 aliphatic rings. The van der Waals surface area contributed by atoms with E-state index in [0.29, 0.717) is 17.0 Å². The van der Waals surface area contributed by atoms with Gasteiger partial charge in [0.05, 0.1) is 16.1 Å². The van der Waals surface area contributed by atoms with Gasteiger partial charge in [-0.25, -0.2) is 4.98 Å². The van der Waals surface area contributed by atoms with Crippen LogP contribution in [-0.2, 0) is 6.42 Å². The van der Waals surface area contributed by atoms with Gasteiger partial charge >= 0.3 is 12.6 Å². The van der Waals surface area contributed by atoms with Gasteiger partial charge in [0, 0.05) is 12.1 Å². The summed E-state index contributed by atoms with van der Waals surface area (Å²) in [7, 11) is 0. The van der Waals surface area contributed by atoms with Crippen molar-refractivity contribution in [3.05, 3.63) is 65.8 Å². The zero-order valence-corrected chi connectivity index (χ0v) is 15.3. The number of para-hydroxylation sites is 2. The summed E-state index contributed by atoms with van der Waals surface area (Å²) in [5.74, 6) is 1.17. The molecule has 10 heteroatoms. The minimum absolute atomic E-state index is 0.0327. The molecule has 0 aliphatic carbocycles. The number of hydrogen-bond donors (Lipinski definition) is 1. The first-order valence-corrected chi connectivity index (χ1v) is 8.80. The van der Waals surface area contributed by atoms with Crippen molar-refractivity contribution in [3.8, 4) is 11.7 Å². The standard InChI is InChI=1S/C19H16F2N6O2/c1-2-17-23-14-5-3-4-6-15(14)27(17)19-24-16(11-26(28)25-19)22-12-7-9-13(10-8-12)29-18(20)21/h3-11,18H,2H2,1H3,(H,22,24,25). The predicted octanol–water partition coefficient (Wildman–Crippen LogP) is 3.36. The highest BCUT2D eigenvalue weighted by Crippen LogP contribution is 2.22. The maximum atomic E-state index is 12.3. The summed E-state index contributed by atoms with van der Waals surface area (Å²) in [5, 5.41) is 19.0. The van der Waals surface area contributed by atoms with Crippen LogP contribution in [0.15, 0.2) is 54.7 Å². The van der Waals surface area contributed by atoms with E-state index in [1.165, 1.54) is 18.3 Å². The van der Waals surface area contributed by atoms with Gasteiger partial charge in [-0.3, -0.25) is 4.57 Å². The first-order valence-electron chi connectivity index (χ1n) is 8.80. The van der Waals surface area contributed by atoms with E-state index < -0.39 is 6.61 Å². The van der Waals surface area contributed by atoms with E-state index in [0.717, 1.165) is 16.9 Å². The largest absolute Gasteiger partial charge is 0.594 e. The number of halogens is 2. The number of nitrogens with one attached hydrogen (secondary N) is 1. The summed E-state index contributed by atoms with van der Waals surface area (Å²) in [4.78, 5) is 9.40. The number of fused-ring (bicyclic) bond motifs is 1. The molecule has 2 heterocycles. The lowest BCUT2D eigenvalue weighted by Gasteiger charge is -2.09. The molecular formula is C19H16F2N6O2. The summed E-state index contributed by atoms with van der Waals surface area (Å²) < 4.78 is 30.6. The molecular weight excluding hydrogens is 382 g/mol. The molecule has 2 aromatic carbocycles. The van der Waals surface area contributed by atoms with Gasteiger partial charge in [-0.2, -0.15) is 13.8 Å². The van der Waals surface area contributed by atoms with Crippen LogP contribution in [-0.4, -0.2) is 26.2 Å². The van der Waals surface area contributed by atoms with Crippen molar-refractivity contribution in [1.29, 1.82) is 0 Å². The first-order chi connectivity index (χ1) is 14.0. The third kappa shape index (κ3) is 3.91. The Morgan fingerprint density at radius 2 is 1.90 bits per heavy atom. The molecule has 0 fully saturated rings. The summed E-state index contributed by atoms with van der Waals surface area (Å²) in [6.45, 7) is -0.941. The fraction of sp³-hybridized carbons (Fsp3) is 0.158. The zero-order chi connectivity index (χ0) is 20.4. The SMILES string of the molecule is CCc1nc2ccccc2n1-c1nc(Nc2ccc(OC(F)F)cc2)c[n+]([O-])n1. The predicted molar refractivity (Wildman–Crippen MR) is 101 cm³/mol. The lowest BCUT2D eigenvalue weighted by Crippen LogP contribution is -2.33. The number of anilines is 2. The Labute approximate surface area is 164 Å². The Morgan fingerprint density at radius 3 is 2.62 bits per heavy atom. The van der Waals surface area contributed by atoms with E-state index in [-0.39, 0.29) is 17.5 Å². The Balaban J connectivity index is 1.69. The van der Waals surface area contributed by atoms with Crippen molar-refractivity contribution >= 4 is 22.5 Å². The second-order valence-electron chi connectivity index (χ2n) is 6.06. The van der Waals surface area contributed by atoms with Crippen molar-refractivity contribution in [3.63, 3.8) is 0 Å². The normalized spacial score (nSPS) is 11.2. The molecule has 8 nitrogen and oxygen atoms in total. The van der Waals surface area contributed by atoms with Crippen LogP contribution in [0.1, 0.15) is 12.7 Å². The summed E-state index contributed by atoms with van der Waals surface area (Å²) in [5.41, 5.74) is 2.11. The molecule has 0 amide bonds. The number of aryl methyl sites for hydroxylation is 1. The number of rotatable bonds is 6. The summed E-state index contributed by atoms with van der Waals surface area (Å²) in [6.07, 6.45) is 1.80. The molecule has 0 saturated heterocycles. The molecule has 0 unspecified atom stereocenters. The quantitative estimate of drug-likeness (QED) is 0.396. The van der Waals surface area contributed by atoms with E-state index in [1.54, 1.807) is 16.7 Å². The lowest BCUT2D eigenvalue weighted by molar-refractivity contribution is -0.668. The van der Waals surface area contributed by atoms with Crippen LogP contribution in [0.3, 0.4) is 0 Å². The van der Waals surface area contributed by atoms with E-state index in [1.807, 2.05) is 31.2 Å². The third-order valence-electron chi connectivity index (χ3n) is 4.14. The smallest absolute Gasteiger partial charge is 0.387 e. The second-order valence-corrected chi connectivity index (χ2v) is 6.06. The first kappa shape index (κ1) is 18.5. The Bertz CT molecular complexity index is 1150. The van der Waals surface area contributed by atoms with E-state index in [4.69, 9.17) is 0 Å². The number of alkyl halides is 2. The average Bonchev–Trinajstić information content (AvgIpc) is 3.07. The molecule has 4 rings (SSSR count). The number of ether oxygens (including phenoxy) is 1. The van der Waals surface area contributed by atoms with Gasteiger partial charge in [0.25, 0.3) is 6.20 Å². The fourth-order valence-corrected chi connectivity index (χ4v) is 2.94. The zero-order valence-electron chi connectivity index (χ0n) is 15.3. The molecule has 0 saturated carbocycles. The van der Waals surface area contributed by atoms with E-state index >= 15 is 0 Å². The highest BCUT2D eigenvalue weighted by Gasteiger charge is 2.17. The molecule has 0 spiro atoms. The van der Waals surface area contributed by atoms with Gasteiger partial charge in [0.2, 0.25) is 5.82 Å². The number of aromatic nitrogens is 5. The van der Waals surface area contributed by atoms with E-state index in [9.17, 15) is 14.0 Å². The van der Waals surface area contributed by atoms with Crippen LogP contribution in [0.25, 0.3) is 17.0 Å². The van der Waals surface area contributed by atoms with Gasteiger partial charge in [0.1, 0.15) is 11.6 Å². The molecule has 0 bridgehead atoms. The highest BCUT2D eigenvalue weighted by molar-refractivity contribution is 5.77. The summed E-state index contributed by atoms with van der Waals surface area (Å²) in [6, 6.07) is 13.4. The van der Waals surface area contributed by atoms with Gasteiger partial charge in [-0.05, 0) is 36.4 Å². The molecule has 1 N–H and O–H groups in total. The minimum Gasteiger partial charge on any atom is -0.594 e. The van der Waals surface area contributed by atoms with Crippen molar-refractivity contribution in [2.75, 3.05) is 5.32 Å². The van der Waals surface area contributed by atoms with Gasteiger partial charge < -0.3 is 15.3 Å². The molecule has 29 heavy (non-hydrogen) atoms. The average molecular weight is 398 g/mol. The highest BCUT2D eigenvalue weighted by atomic mass is 19.3. The van der Waals surface area contributed by atoms with Gasteiger partial charge in [-0.1, -0.05) is 23.9 Å². The summed E-state index contributed by atoms with van der Waals surface area (Å²) >= 11 is 0. The lowest BCUT2D eigenvalue weighted by atomic mass is 10.3. The van der Waals surface area contributed by atoms with Crippen LogP contribution in [0, 0.1) is 5.21 Å². The van der Waals surface area contributed by atoms with Crippen LogP contribution in [0.5, 0.6) is 5.75 Å². The van der Waals surface area contributed by atoms with Gasteiger partial charge in [-0.15, -0.1) is 0 Å². The van der Waals surface area contributed by atoms with Crippen molar-refractivity contribution in [1.82, 2.24) is 19.6 Å². The molecule has 2 aromatic heterocycles. The molecule has 148 valence electrons. The number of hydrogen-bond acceptors (Lipinski definition) is 6. The molecule has 4 aromatic rings. The van der Waals surface area contributed by atoms with Crippen molar-refractivity contribution < 1.29 is 18.4 Å². The van der Waals surface area contributed by atoms with Crippen molar-refractivity contribution in [2.45, 2.75) is 20.0 Å². The minimum atomic E-state index is -2.89. The monoisotopic (exact) mass is 398 g/mol. The Morgan fingerprint density at radius 1 is 1.14 bits per heavy atom. The molecule has 0 radical (unpaired) electrons. The number of benzene rings is 2. The molecule has 0 aliphatic heterocycles. The topological polar surface area (TPSA) is 91.8 Å². The third-order valence-corrected chi connectivity index (χ3v) is 4.14. The fourth-order valence-electron chi connectivity index (χ4n) is 2.94. The van der Waals surface area contributed by atoms with Crippen LogP contribution < -0.4 is 14.9 Å². The second kappa shape index (κ2) is 7.66. The van der Waals surface area contributed by atoms with Gasteiger partial charge in [0.15, 0.2) is 0 Å². The Kier molecular flexibility index (Phi) is 4.90. The van der Waals surface area contributed by atoms with Crippen LogP contribution in [0.2, 0.25) is 0 Å². The number of imidazole rings is 1. The van der Waals surface area contributed by atoms with E-state index in [2.05, 4.69) is 25.1 Å². The molecule has 0 atom stereocenters. The maximum Gasteiger partial charge on any atom is 0.387 e. The maximum absolute atomic E-state index is 12.3. The van der Waals surface area contributed by atoms with Crippen molar-refractivity contribution in [2.24, 2.45) is 0 Å². The van der Waals surface area contributed by atoms with Crippen LogP contribution in [0.4, 0.5) is 20.3 Å². The Hall–Kier alpha value is -3.82. The number of nitrogens with zero attached hydrogens (tertiary/aromatic N) is 5. The van der Waals surface area contributed by atoms with Crippen LogP contribution >= 0.6 is 0 Å².